The van der Waals surface area contributed by atoms with Crippen LogP contribution in [-0.2, 0) is 11.6 Å². The predicted molar refractivity (Wildman–Crippen MR) is 85.9 cm³/mol. The number of anilines is 1. The van der Waals surface area contributed by atoms with Crippen molar-refractivity contribution in [1.82, 2.24) is 4.98 Å². The van der Waals surface area contributed by atoms with Gasteiger partial charge in [0.05, 0.1) is 12.2 Å². The number of pyridine rings is 1. The maximum Gasteiger partial charge on any atom is 0.416 e. The normalized spacial score (nSPS) is 21.8. The lowest BCUT2D eigenvalue weighted by Crippen LogP contribution is -2.48. The zero-order chi connectivity index (χ0) is 17.2. The third-order valence-electron chi connectivity index (χ3n) is 4.66. The van der Waals surface area contributed by atoms with Crippen LogP contribution in [0.25, 0.3) is 0 Å². The van der Waals surface area contributed by atoms with Crippen LogP contribution in [0.1, 0.15) is 24.0 Å². The quantitative estimate of drug-likeness (QED) is 0.930. The van der Waals surface area contributed by atoms with Crippen LogP contribution in [-0.4, -0.2) is 29.8 Å². The van der Waals surface area contributed by atoms with E-state index in [1.807, 2.05) is 35.2 Å². The largest absolute Gasteiger partial charge is 0.416 e. The third-order valence-corrected chi connectivity index (χ3v) is 4.66. The van der Waals surface area contributed by atoms with Crippen molar-refractivity contribution in [2.45, 2.75) is 24.4 Å². The molecule has 1 unspecified atom stereocenters. The molecule has 2 heterocycles. The van der Waals surface area contributed by atoms with Gasteiger partial charge in [-0.2, -0.15) is 13.2 Å². The first-order valence-corrected chi connectivity index (χ1v) is 7.89. The molecule has 0 saturated carbocycles. The molecular weight excluding hydrogens is 317 g/mol. The summed E-state index contributed by atoms with van der Waals surface area (Å²) in [4.78, 5) is 5.95. The summed E-state index contributed by atoms with van der Waals surface area (Å²) < 4.78 is 38.8. The standard InChI is InChI=1S/C18H19F3N2O/c19-18(20,21)15-7-9-22-16(11-15)23-10-4-8-17(12-23,13-24)14-5-2-1-3-6-14/h1-3,5-7,9,11,24H,4,8,10,12-13H2. The number of hydrogen-bond donors (Lipinski definition) is 1. The summed E-state index contributed by atoms with van der Waals surface area (Å²) in [5, 5.41) is 10.0. The first kappa shape index (κ1) is 16.8. The number of piperidine rings is 1. The van der Waals surface area contributed by atoms with E-state index in [0.29, 0.717) is 18.9 Å². The molecule has 3 rings (SSSR count). The first-order valence-electron chi connectivity index (χ1n) is 7.89. The smallest absolute Gasteiger partial charge is 0.395 e. The van der Waals surface area contributed by atoms with Gasteiger partial charge in [-0.15, -0.1) is 0 Å². The van der Waals surface area contributed by atoms with Gasteiger partial charge in [-0.3, -0.25) is 0 Å². The van der Waals surface area contributed by atoms with Crippen molar-refractivity contribution >= 4 is 5.82 Å². The first-order chi connectivity index (χ1) is 11.4. The topological polar surface area (TPSA) is 36.4 Å². The average Bonchev–Trinajstić information content (AvgIpc) is 2.62. The van der Waals surface area contributed by atoms with Gasteiger partial charge in [0.15, 0.2) is 0 Å². The summed E-state index contributed by atoms with van der Waals surface area (Å²) in [7, 11) is 0. The molecule has 1 aromatic heterocycles. The van der Waals surface area contributed by atoms with Gasteiger partial charge in [0.25, 0.3) is 0 Å². The lowest BCUT2D eigenvalue weighted by molar-refractivity contribution is -0.137. The number of hydrogen-bond acceptors (Lipinski definition) is 3. The van der Waals surface area contributed by atoms with Gasteiger partial charge in [-0.05, 0) is 30.5 Å². The fourth-order valence-electron chi connectivity index (χ4n) is 3.34. The van der Waals surface area contributed by atoms with Crippen molar-refractivity contribution in [1.29, 1.82) is 0 Å². The Morgan fingerprint density at radius 1 is 1.17 bits per heavy atom. The molecule has 0 bridgehead atoms. The van der Waals surface area contributed by atoms with Gasteiger partial charge < -0.3 is 10.0 Å². The van der Waals surface area contributed by atoms with E-state index in [1.54, 1.807) is 0 Å². The molecule has 0 spiro atoms. The van der Waals surface area contributed by atoms with Gasteiger partial charge in [-0.1, -0.05) is 30.3 Å². The Morgan fingerprint density at radius 2 is 1.92 bits per heavy atom. The second-order valence-corrected chi connectivity index (χ2v) is 6.23. The molecule has 1 aromatic carbocycles. The zero-order valence-corrected chi connectivity index (χ0v) is 13.1. The zero-order valence-electron chi connectivity index (χ0n) is 13.1. The summed E-state index contributed by atoms with van der Waals surface area (Å²) >= 11 is 0. The van der Waals surface area contributed by atoms with Crippen molar-refractivity contribution in [3.05, 3.63) is 59.8 Å². The fourth-order valence-corrected chi connectivity index (χ4v) is 3.34. The Kier molecular flexibility index (Phi) is 4.49. The summed E-state index contributed by atoms with van der Waals surface area (Å²) in [5.41, 5.74) is -0.174. The van der Waals surface area contributed by atoms with E-state index in [9.17, 15) is 18.3 Å². The van der Waals surface area contributed by atoms with Crippen molar-refractivity contribution in [2.24, 2.45) is 0 Å². The summed E-state index contributed by atoms with van der Waals surface area (Å²) in [6.45, 7) is 1.02. The maximum atomic E-state index is 12.9. The van der Waals surface area contributed by atoms with E-state index in [-0.39, 0.29) is 6.61 Å². The summed E-state index contributed by atoms with van der Waals surface area (Å²) in [5.74, 6) is 0.304. The van der Waals surface area contributed by atoms with Gasteiger partial charge in [0.1, 0.15) is 5.82 Å². The van der Waals surface area contributed by atoms with Crippen LogP contribution in [0, 0.1) is 0 Å². The molecule has 128 valence electrons. The van der Waals surface area contributed by atoms with Crippen LogP contribution >= 0.6 is 0 Å². The van der Waals surface area contributed by atoms with E-state index in [2.05, 4.69) is 4.98 Å². The van der Waals surface area contributed by atoms with Crippen molar-refractivity contribution in [2.75, 3.05) is 24.6 Å². The Balaban J connectivity index is 1.91. The van der Waals surface area contributed by atoms with Crippen molar-refractivity contribution in [3.8, 4) is 0 Å². The molecule has 0 aliphatic carbocycles. The monoisotopic (exact) mass is 336 g/mol. The molecule has 6 heteroatoms. The Morgan fingerprint density at radius 3 is 2.58 bits per heavy atom. The Labute approximate surface area is 138 Å². The SMILES string of the molecule is OCC1(c2ccccc2)CCCN(c2cc(C(F)(F)F)ccn2)C1. The average molecular weight is 336 g/mol. The molecule has 1 aliphatic heterocycles. The second-order valence-electron chi connectivity index (χ2n) is 6.23. The van der Waals surface area contributed by atoms with E-state index in [1.165, 1.54) is 6.20 Å². The molecule has 24 heavy (non-hydrogen) atoms. The number of benzene rings is 1. The number of alkyl halides is 3. The van der Waals surface area contributed by atoms with Gasteiger partial charge in [-0.25, -0.2) is 4.98 Å². The van der Waals surface area contributed by atoms with Crippen LogP contribution in [0.5, 0.6) is 0 Å². The minimum atomic E-state index is -4.39. The minimum Gasteiger partial charge on any atom is -0.395 e. The lowest BCUT2D eigenvalue weighted by atomic mass is 9.75. The number of aromatic nitrogens is 1. The molecule has 1 atom stereocenters. The number of halogens is 3. The van der Waals surface area contributed by atoms with E-state index >= 15 is 0 Å². The molecule has 1 N–H and O–H groups in total. The number of nitrogens with zero attached hydrogens (tertiary/aromatic N) is 2. The van der Waals surface area contributed by atoms with Gasteiger partial charge >= 0.3 is 6.18 Å². The molecule has 2 aromatic rings. The van der Waals surface area contributed by atoms with Crippen LogP contribution in [0.3, 0.4) is 0 Å². The number of aliphatic hydroxyl groups is 1. The van der Waals surface area contributed by atoms with Crippen LogP contribution in [0.2, 0.25) is 0 Å². The molecular formula is C18H19F3N2O. The maximum absolute atomic E-state index is 12.9. The fraction of sp³-hybridized carbons (Fsp3) is 0.389. The van der Waals surface area contributed by atoms with E-state index < -0.39 is 17.2 Å². The minimum absolute atomic E-state index is 0.0491. The lowest BCUT2D eigenvalue weighted by Gasteiger charge is -2.42. The molecule has 0 radical (unpaired) electrons. The Hall–Kier alpha value is -2.08. The van der Waals surface area contributed by atoms with Crippen LogP contribution in [0.4, 0.5) is 19.0 Å². The molecule has 1 saturated heterocycles. The van der Waals surface area contributed by atoms with Crippen LogP contribution in [0.15, 0.2) is 48.7 Å². The van der Waals surface area contributed by atoms with Crippen LogP contribution < -0.4 is 4.90 Å². The second kappa shape index (κ2) is 6.43. The highest BCUT2D eigenvalue weighted by Gasteiger charge is 2.38. The summed E-state index contributed by atoms with van der Waals surface area (Å²) in [6, 6.07) is 11.7. The molecule has 1 fully saturated rings. The van der Waals surface area contributed by atoms with E-state index in [0.717, 1.165) is 30.5 Å². The summed E-state index contributed by atoms with van der Waals surface area (Å²) in [6.07, 6.45) is -1.62. The van der Waals surface area contributed by atoms with Gasteiger partial charge in [0, 0.05) is 24.7 Å². The Bertz CT molecular complexity index is 690. The molecule has 3 nitrogen and oxygen atoms in total. The van der Waals surface area contributed by atoms with E-state index in [4.69, 9.17) is 0 Å². The molecule has 1 aliphatic rings. The van der Waals surface area contributed by atoms with Gasteiger partial charge in [0.2, 0.25) is 0 Å². The van der Waals surface area contributed by atoms with Crippen molar-refractivity contribution in [3.63, 3.8) is 0 Å². The highest BCUT2D eigenvalue weighted by molar-refractivity contribution is 5.44. The highest BCUT2D eigenvalue weighted by atomic mass is 19.4. The number of rotatable bonds is 3. The third kappa shape index (κ3) is 3.24. The number of aliphatic hydroxyl groups excluding tert-OH is 1. The highest BCUT2D eigenvalue weighted by Crippen LogP contribution is 2.36. The predicted octanol–water partition coefficient (Wildman–Crippen LogP) is 3.63. The van der Waals surface area contributed by atoms with Crippen molar-refractivity contribution < 1.29 is 18.3 Å². The molecule has 0 amide bonds.